The highest BCUT2D eigenvalue weighted by molar-refractivity contribution is 8.14. The van der Waals surface area contributed by atoms with Gasteiger partial charge in [0.25, 0.3) is 11.6 Å². The maximum atomic E-state index is 14.9. The molecule has 18 atom stereocenters. The maximum absolute atomic E-state index is 14.9. The fraction of sp³-hybridized carbons (Fsp3) is 0.533. The second-order valence-corrected chi connectivity index (χ2v) is 42.6. The molecule has 38 heteroatoms. The number of fused-ring (bicyclic) bond motifs is 4. The van der Waals surface area contributed by atoms with E-state index in [9.17, 15) is 61.1 Å². The van der Waals surface area contributed by atoms with Crippen LogP contribution in [0.25, 0.3) is 0 Å². The number of aliphatic imine (C=N–C) groups is 3. The molecule has 0 bridgehead atoms. The number of hydroxylamine groups is 1. The number of thiocarbonyl (C=S) groups is 1. The summed E-state index contributed by atoms with van der Waals surface area (Å²) in [4.78, 5) is 67.3. The van der Waals surface area contributed by atoms with Crippen LogP contribution in [-0.2, 0) is 76.0 Å². The molecule has 3 amide bonds. The number of alkyl carbamates (subject to hydrolysis) is 2. The van der Waals surface area contributed by atoms with Gasteiger partial charge in [0.15, 0.2) is 20.6 Å². The van der Waals surface area contributed by atoms with E-state index in [0.717, 1.165) is 43.6 Å². The summed E-state index contributed by atoms with van der Waals surface area (Å²) in [6.07, 6.45) is 6.70. The number of non-ortho nitro benzene ring substituents is 1. The minimum atomic E-state index is -1.05. The van der Waals surface area contributed by atoms with Crippen molar-refractivity contribution in [2.45, 2.75) is 241 Å². The summed E-state index contributed by atoms with van der Waals surface area (Å²) >= 11 is 9.76. The van der Waals surface area contributed by atoms with E-state index in [-0.39, 0.29) is 131 Å². The molecule has 13 N–H and O–H groups in total. The van der Waals surface area contributed by atoms with Gasteiger partial charge in [0.2, 0.25) is 0 Å². The zero-order valence-electron chi connectivity index (χ0n) is 83.0. The third-order valence-corrected chi connectivity index (χ3v) is 30.9. The van der Waals surface area contributed by atoms with Crippen LogP contribution in [0.3, 0.4) is 0 Å². The second kappa shape index (κ2) is 49.9. The van der Waals surface area contributed by atoms with Gasteiger partial charge in [0.1, 0.15) is 46.1 Å². The monoisotopic (exact) mass is 2060 g/mol. The fourth-order valence-electron chi connectivity index (χ4n) is 21.7. The number of thioether (sulfide) groups is 3. The summed E-state index contributed by atoms with van der Waals surface area (Å²) in [6.45, 7) is 26.3. The van der Waals surface area contributed by atoms with Crippen molar-refractivity contribution in [1.82, 2.24) is 26.7 Å². The van der Waals surface area contributed by atoms with E-state index in [2.05, 4.69) is 31.7 Å². The van der Waals surface area contributed by atoms with Gasteiger partial charge in [-0.1, -0.05) is 126 Å². The van der Waals surface area contributed by atoms with E-state index in [1.807, 2.05) is 71.9 Å². The highest BCUT2D eigenvalue weighted by atomic mass is 32.2. The largest absolute Gasteiger partial charge is 0.444 e. The molecule has 0 aromatic heterocycles. The number of benzene rings is 7. The topological polar surface area (TPSA) is 393 Å². The molecule has 4 aliphatic heterocycles. The maximum Gasteiger partial charge on any atom is 0.413 e. The lowest BCUT2D eigenvalue weighted by Gasteiger charge is -2.37. The number of carbonyl (C=O) groups is 3. The summed E-state index contributed by atoms with van der Waals surface area (Å²) in [5.74, 6) is -0.0913. The summed E-state index contributed by atoms with van der Waals surface area (Å²) < 4.78 is 132. The molecule has 143 heavy (non-hydrogen) atoms. The zero-order valence-corrected chi connectivity index (χ0v) is 86.3. The molecule has 6 aliphatic carbocycles. The number of amides is 3. The molecule has 6 saturated carbocycles. The fourth-order valence-corrected chi connectivity index (χ4v) is 25.3. The lowest BCUT2D eigenvalue weighted by atomic mass is 9.80. The van der Waals surface area contributed by atoms with Crippen molar-refractivity contribution >= 4 is 97.6 Å². The first-order valence-corrected chi connectivity index (χ1v) is 52.3. The van der Waals surface area contributed by atoms with Gasteiger partial charge in [-0.2, -0.15) is 5.48 Å². The van der Waals surface area contributed by atoms with E-state index in [4.69, 9.17) is 82.1 Å². The number of carbonyl (C=O) groups excluding carboxylic acids is 3. The van der Waals surface area contributed by atoms with Crippen LogP contribution in [-0.4, -0.2) is 178 Å². The van der Waals surface area contributed by atoms with Crippen LogP contribution in [0.15, 0.2) is 179 Å². The minimum Gasteiger partial charge on any atom is -0.444 e. The molecule has 10 aliphatic rings. The van der Waals surface area contributed by atoms with Crippen molar-refractivity contribution in [3.8, 4) is 0 Å². The number of anilines is 1. The Hall–Kier alpha value is -9.36. The standard InChI is InChI=1S/C22H25FN2O3S.C20H26FN3O5S.C20H28FN3O3S.C15H19FN2OS.C14H18FNO2.C14H20FNO2/c1-2-28-17-12-16(14-26)22(13-17,18-10-6-7-11-19(18)23)25-21(29)24-20(27)15-8-4-3-5-9-15;1-5-28-14-8-12-11-30-17(22-18(25)29-19(2,3)4)23-20(12,10-14)15-9-13(24(26)27)6-7-16(15)21;1-5-26-14-8-12-11-28-17(23-18(25)27-19(2,3)4)24-20(12,10-14)15-9-13(22)6-7-16(15)21;1-2-19-11-7-10-9-20-14(17)18-15(10,8-11)12-5-3-4-6-13(12)16;1-2-17-11-7-10-9-18-16-14(10,8-11)12-5-3-4-6-13(12)15;1-2-18-11-7-10(9-17)14(16,8-11)12-5-3-4-6-13(12)15/h3-11,16-17,26H,2,12-14H2,1H3,(H2,24,25,27,29);6-7,9,12,14H,5,8,10-11H2,1-4H3,(H,22,23,25);6-7,9,12,14H,5,8,10-11,22H2,1-4H3,(H,23,24,25);3-6,10-11H,2,7-9H2,1H3,(H2,17,18);3-6,10-11,16H,2,7-9H2,1H3;3-6,10-11,17H,2,7-9,16H2,1H3/t16-,17+,22-;2*12-,14+,20-;10-,11+,15-;2*10-,11+,14-/m000000/s1. The predicted molar refractivity (Wildman–Crippen MR) is 548 cm³/mol. The van der Waals surface area contributed by atoms with Gasteiger partial charge in [-0.15, -0.1) is 0 Å². The van der Waals surface area contributed by atoms with Gasteiger partial charge in [-0.05, 0) is 207 Å². The Balaban J connectivity index is 0.000000155. The highest BCUT2D eigenvalue weighted by Crippen LogP contribution is 2.57. The number of aliphatic hydroxyl groups is 2. The Morgan fingerprint density at radius 3 is 1.34 bits per heavy atom. The third-order valence-electron chi connectivity index (χ3n) is 27.6. The Kier molecular flexibility index (Phi) is 39.2. The van der Waals surface area contributed by atoms with Crippen LogP contribution in [0, 0.1) is 80.5 Å². The molecule has 1 saturated heterocycles. The molecular formula is C105H136F6N12O16S4. The molecule has 778 valence electrons. The lowest BCUT2D eigenvalue weighted by Crippen LogP contribution is -2.54. The van der Waals surface area contributed by atoms with Gasteiger partial charge in [-0.25, -0.2) is 35.9 Å². The number of nitrogens with one attached hydrogen (secondary N) is 5. The summed E-state index contributed by atoms with van der Waals surface area (Å²) in [5, 5.41) is 43.4. The van der Waals surface area contributed by atoms with E-state index in [1.54, 1.807) is 138 Å². The number of nitro groups is 1. The predicted octanol–water partition coefficient (Wildman–Crippen LogP) is 18.6. The number of halogens is 6. The number of nitrogens with zero attached hydrogens (tertiary/aromatic N) is 4. The summed E-state index contributed by atoms with van der Waals surface area (Å²) in [7, 11) is 0. The zero-order chi connectivity index (χ0) is 103. The van der Waals surface area contributed by atoms with Crippen LogP contribution in [0.1, 0.15) is 204 Å². The smallest absolute Gasteiger partial charge is 0.413 e. The molecule has 17 rings (SSSR count). The molecular weight excluding hydrogens is 1930 g/mol. The number of hydrogen-bond donors (Lipinski definition) is 10. The van der Waals surface area contributed by atoms with Crippen LogP contribution >= 0.6 is 47.5 Å². The Morgan fingerprint density at radius 2 is 0.874 bits per heavy atom. The first-order chi connectivity index (χ1) is 68.2. The lowest BCUT2D eigenvalue weighted by molar-refractivity contribution is -0.385. The van der Waals surface area contributed by atoms with Crippen molar-refractivity contribution in [1.29, 1.82) is 0 Å². The van der Waals surface area contributed by atoms with E-state index in [0.29, 0.717) is 164 Å². The number of aliphatic hydroxyl groups excluding tert-OH is 2. The van der Waals surface area contributed by atoms with Crippen LogP contribution in [0.2, 0.25) is 0 Å². The number of nitrogen functional groups attached to an aromatic ring is 1. The van der Waals surface area contributed by atoms with Crippen molar-refractivity contribution in [2.75, 3.05) is 82.5 Å². The quantitative estimate of drug-likeness (QED) is 0.00935. The van der Waals surface area contributed by atoms with Crippen molar-refractivity contribution in [3.05, 3.63) is 248 Å². The molecule has 7 aromatic rings. The van der Waals surface area contributed by atoms with Crippen molar-refractivity contribution in [3.63, 3.8) is 0 Å². The van der Waals surface area contributed by atoms with E-state index < -0.39 is 73.2 Å². The van der Waals surface area contributed by atoms with Crippen LogP contribution < -0.4 is 43.9 Å². The second-order valence-electron chi connectivity index (χ2n) is 39.1. The molecule has 7 fully saturated rings. The molecule has 4 heterocycles. The molecule has 28 nitrogen and oxygen atoms in total. The van der Waals surface area contributed by atoms with Gasteiger partial charge < -0.3 is 75.5 Å². The number of hydrogen-bond acceptors (Lipinski definition) is 27. The number of nitro benzene ring substituents is 1. The van der Waals surface area contributed by atoms with Crippen LogP contribution in [0.4, 0.5) is 47.3 Å². The first-order valence-electron chi connectivity index (χ1n) is 48.9. The Bertz CT molecular complexity index is 5600. The van der Waals surface area contributed by atoms with E-state index >= 15 is 0 Å². The van der Waals surface area contributed by atoms with Crippen molar-refractivity contribution < 1.29 is 98.6 Å². The average molecular weight is 2060 g/mol. The van der Waals surface area contributed by atoms with Crippen molar-refractivity contribution in [2.24, 2.45) is 62.0 Å². The first kappa shape index (κ1) is 112. The SMILES string of the molecule is CCO[C@@H]1C[C@@H](CO)[C@](N)(c2ccccc2F)C1.CCO[C@@H]1C[C@@H](CO)[C@](NC(=S)NC(=O)c2ccccc2)(c2ccccc2F)C1.CCO[C@@H]1C[C@H]2CON[C@@]2(c2ccccc2F)C1.CCO[C@@H]1C[C@H]2CSC(N)=N[C@@]2(c2ccccc2F)C1.CCO[C@@H]1C[C@H]2CSC(NC(=O)OC(C)(C)C)=N[C@@]2(c2cc(N)ccc2F)C1.CCO[C@@H]1C[C@H]2CSC(NC(=O)OC(C)(C)C)=N[C@@]2(c2cc([N+](=O)[O-])ccc2F)C1. The molecule has 0 radical (unpaired) electrons. The minimum absolute atomic E-state index is 0.00300. The van der Waals surface area contributed by atoms with Gasteiger partial charge >= 0.3 is 12.2 Å². The number of ether oxygens (including phenoxy) is 8. The average Bonchev–Trinajstić information content (AvgIpc) is 1.62. The van der Waals surface area contributed by atoms with Crippen LogP contribution in [0.5, 0.6) is 0 Å². The number of amidine groups is 3. The normalized spacial score (nSPS) is 28.5. The number of nitrogens with two attached hydrogens (primary N) is 3. The molecule has 0 spiro atoms. The van der Waals surface area contributed by atoms with Gasteiger partial charge in [0, 0.05) is 188 Å². The van der Waals surface area contributed by atoms with Gasteiger partial charge in [-0.3, -0.25) is 45.8 Å². The van der Waals surface area contributed by atoms with Gasteiger partial charge in [0.05, 0.1) is 81.4 Å². The Morgan fingerprint density at radius 1 is 0.483 bits per heavy atom. The third kappa shape index (κ3) is 27.2. The van der Waals surface area contributed by atoms with E-state index in [1.165, 1.54) is 59.9 Å². The number of rotatable bonds is 23. The molecule has 7 aromatic carbocycles. The Labute approximate surface area is 851 Å². The summed E-state index contributed by atoms with van der Waals surface area (Å²) in [5.41, 5.74) is 19.0. The highest BCUT2D eigenvalue weighted by Gasteiger charge is 2.59. The summed E-state index contributed by atoms with van der Waals surface area (Å²) in [6, 6.07) is 43.6. The molecule has 0 unspecified atom stereocenters.